The number of nitrogens with two attached hydrogens (primary N) is 1. The topological polar surface area (TPSA) is 81.6 Å². The van der Waals surface area contributed by atoms with E-state index in [0.717, 1.165) is 5.69 Å². The second kappa shape index (κ2) is 6.76. The van der Waals surface area contributed by atoms with Gasteiger partial charge in [-0.3, -0.25) is 10.1 Å². The molecule has 0 aliphatic rings. The molecule has 0 amide bonds. The molecule has 118 valence electrons. The monoisotopic (exact) mass is 295 g/mol. The third-order valence-corrected chi connectivity index (χ3v) is 3.12. The highest BCUT2D eigenvalue weighted by Gasteiger charge is 2.20. The Bertz CT molecular complexity index is 501. The fourth-order valence-corrected chi connectivity index (χ4v) is 2.03. The van der Waals surface area contributed by atoms with Gasteiger partial charge in [-0.2, -0.15) is 0 Å². The molecule has 0 heterocycles. The predicted molar refractivity (Wildman–Crippen MR) is 85.0 cm³/mol. The Morgan fingerprint density at radius 2 is 2.00 bits per heavy atom. The maximum atomic E-state index is 11.1. The minimum absolute atomic E-state index is 0.0283. The number of anilines is 1. The second-order valence-electron chi connectivity index (χ2n) is 6.33. The van der Waals surface area contributed by atoms with Crippen LogP contribution in [0.2, 0.25) is 0 Å². The summed E-state index contributed by atoms with van der Waals surface area (Å²) in [6.45, 7) is 9.14. The number of hydrogen-bond acceptors (Lipinski definition) is 5. The zero-order chi connectivity index (χ0) is 16.2. The van der Waals surface area contributed by atoms with Crippen LogP contribution in [0.15, 0.2) is 18.2 Å². The highest BCUT2D eigenvalue weighted by molar-refractivity contribution is 5.57. The van der Waals surface area contributed by atoms with E-state index in [4.69, 9.17) is 10.5 Å². The molecular formula is C15H25N3O3. The molecule has 1 rings (SSSR count). The molecule has 0 aliphatic heterocycles. The summed E-state index contributed by atoms with van der Waals surface area (Å²) >= 11 is 0. The van der Waals surface area contributed by atoms with Gasteiger partial charge in [0.15, 0.2) is 0 Å². The molecule has 0 saturated heterocycles. The SMILES string of the molecule is CC(C)Oc1cc(N(C)CC(C)(C)CN)cc([N+](=O)[O-])c1. The fraction of sp³-hybridized carbons (Fsp3) is 0.600. The predicted octanol–water partition coefficient (Wildman–Crippen LogP) is 2.80. The minimum Gasteiger partial charge on any atom is -0.491 e. The molecule has 0 atom stereocenters. The molecule has 0 aromatic heterocycles. The van der Waals surface area contributed by atoms with Crippen molar-refractivity contribution in [1.82, 2.24) is 0 Å². The van der Waals surface area contributed by atoms with Gasteiger partial charge in [0.2, 0.25) is 0 Å². The van der Waals surface area contributed by atoms with E-state index in [1.165, 1.54) is 6.07 Å². The van der Waals surface area contributed by atoms with Crippen molar-refractivity contribution in [2.75, 3.05) is 25.0 Å². The lowest BCUT2D eigenvalue weighted by Gasteiger charge is -2.30. The van der Waals surface area contributed by atoms with Crippen molar-refractivity contribution in [3.63, 3.8) is 0 Å². The van der Waals surface area contributed by atoms with Crippen LogP contribution in [0.1, 0.15) is 27.7 Å². The van der Waals surface area contributed by atoms with Crippen LogP contribution in [0, 0.1) is 15.5 Å². The second-order valence-corrected chi connectivity index (χ2v) is 6.33. The minimum atomic E-state index is -0.404. The summed E-state index contributed by atoms with van der Waals surface area (Å²) in [4.78, 5) is 12.6. The highest BCUT2D eigenvalue weighted by atomic mass is 16.6. The number of nitro groups is 1. The van der Waals surface area contributed by atoms with Gasteiger partial charge in [0.05, 0.1) is 17.1 Å². The van der Waals surface area contributed by atoms with Crippen molar-refractivity contribution in [3.05, 3.63) is 28.3 Å². The standard InChI is InChI=1S/C15H25N3O3/c1-11(2)21-14-7-12(6-13(8-14)18(19)20)17(5)10-15(3,4)9-16/h6-8,11H,9-10,16H2,1-5H3. The normalized spacial score (nSPS) is 11.6. The number of benzene rings is 1. The average molecular weight is 295 g/mol. The smallest absolute Gasteiger partial charge is 0.275 e. The number of ether oxygens (including phenoxy) is 1. The summed E-state index contributed by atoms with van der Waals surface area (Å²) in [6.07, 6.45) is -0.0364. The van der Waals surface area contributed by atoms with E-state index in [0.29, 0.717) is 18.8 Å². The lowest BCUT2D eigenvalue weighted by molar-refractivity contribution is -0.384. The zero-order valence-corrected chi connectivity index (χ0v) is 13.4. The molecule has 1 aromatic carbocycles. The van der Waals surface area contributed by atoms with Crippen molar-refractivity contribution >= 4 is 11.4 Å². The van der Waals surface area contributed by atoms with Crippen molar-refractivity contribution < 1.29 is 9.66 Å². The number of hydrogen-bond donors (Lipinski definition) is 1. The Morgan fingerprint density at radius 1 is 1.38 bits per heavy atom. The summed E-state index contributed by atoms with van der Waals surface area (Å²) in [5, 5.41) is 11.1. The molecular weight excluding hydrogens is 270 g/mol. The molecule has 0 bridgehead atoms. The van der Waals surface area contributed by atoms with Crippen molar-refractivity contribution in [3.8, 4) is 5.75 Å². The van der Waals surface area contributed by atoms with Gasteiger partial charge in [-0.05, 0) is 25.8 Å². The van der Waals surface area contributed by atoms with E-state index < -0.39 is 4.92 Å². The van der Waals surface area contributed by atoms with Crippen LogP contribution in [0.25, 0.3) is 0 Å². The van der Waals surface area contributed by atoms with E-state index in [2.05, 4.69) is 13.8 Å². The van der Waals surface area contributed by atoms with Gasteiger partial charge in [0, 0.05) is 31.4 Å². The molecule has 0 fully saturated rings. The van der Waals surface area contributed by atoms with Crippen LogP contribution in [-0.4, -0.2) is 31.2 Å². The van der Waals surface area contributed by atoms with Crippen LogP contribution >= 0.6 is 0 Å². The molecule has 1 aromatic rings. The van der Waals surface area contributed by atoms with Gasteiger partial charge in [-0.25, -0.2) is 0 Å². The molecule has 2 N–H and O–H groups in total. The first kappa shape index (κ1) is 17.2. The zero-order valence-electron chi connectivity index (χ0n) is 13.4. The Kier molecular flexibility index (Phi) is 5.54. The first-order valence-electron chi connectivity index (χ1n) is 7.02. The molecule has 6 heteroatoms. The number of non-ortho nitro benzene ring substituents is 1. The van der Waals surface area contributed by atoms with E-state index in [1.807, 2.05) is 31.9 Å². The summed E-state index contributed by atoms with van der Waals surface area (Å²) < 4.78 is 5.60. The Balaban J connectivity index is 3.10. The summed E-state index contributed by atoms with van der Waals surface area (Å²) in [6, 6.07) is 4.82. The molecule has 0 spiro atoms. The first-order chi connectivity index (χ1) is 9.64. The van der Waals surface area contributed by atoms with Gasteiger partial charge in [-0.15, -0.1) is 0 Å². The van der Waals surface area contributed by atoms with Gasteiger partial charge in [0.1, 0.15) is 5.75 Å². The number of nitro benzene ring substituents is 1. The van der Waals surface area contributed by atoms with E-state index in [1.54, 1.807) is 6.07 Å². The largest absolute Gasteiger partial charge is 0.491 e. The molecule has 0 unspecified atom stereocenters. The number of rotatable bonds is 7. The third kappa shape index (κ3) is 5.23. The van der Waals surface area contributed by atoms with Crippen molar-refractivity contribution in [2.24, 2.45) is 11.1 Å². The van der Waals surface area contributed by atoms with E-state index in [-0.39, 0.29) is 17.2 Å². The lowest BCUT2D eigenvalue weighted by Crippen LogP contribution is -2.36. The van der Waals surface area contributed by atoms with Crippen LogP contribution in [0.4, 0.5) is 11.4 Å². The third-order valence-electron chi connectivity index (χ3n) is 3.12. The van der Waals surface area contributed by atoms with Gasteiger partial charge in [0.25, 0.3) is 5.69 Å². The Labute approximate surface area is 126 Å². The molecule has 0 aliphatic carbocycles. The highest BCUT2D eigenvalue weighted by Crippen LogP contribution is 2.30. The maximum Gasteiger partial charge on any atom is 0.275 e. The molecule has 0 saturated carbocycles. The summed E-state index contributed by atoms with van der Waals surface area (Å²) in [7, 11) is 1.90. The Morgan fingerprint density at radius 3 is 2.48 bits per heavy atom. The van der Waals surface area contributed by atoms with Crippen LogP contribution in [0.5, 0.6) is 5.75 Å². The van der Waals surface area contributed by atoms with Crippen molar-refractivity contribution in [2.45, 2.75) is 33.8 Å². The van der Waals surface area contributed by atoms with Gasteiger partial charge in [-0.1, -0.05) is 13.8 Å². The fourth-order valence-electron chi connectivity index (χ4n) is 2.03. The molecule has 0 radical (unpaired) electrons. The Hall–Kier alpha value is -1.82. The molecule has 21 heavy (non-hydrogen) atoms. The maximum absolute atomic E-state index is 11.1. The van der Waals surface area contributed by atoms with Crippen LogP contribution in [0.3, 0.4) is 0 Å². The van der Waals surface area contributed by atoms with E-state index in [9.17, 15) is 10.1 Å². The van der Waals surface area contributed by atoms with Crippen LogP contribution < -0.4 is 15.4 Å². The summed E-state index contributed by atoms with van der Waals surface area (Å²) in [5.41, 5.74) is 6.46. The van der Waals surface area contributed by atoms with Gasteiger partial charge >= 0.3 is 0 Å². The van der Waals surface area contributed by atoms with E-state index >= 15 is 0 Å². The quantitative estimate of drug-likeness (QED) is 0.618. The number of nitrogens with zero attached hydrogens (tertiary/aromatic N) is 2. The first-order valence-corrected chi connectivity index (χ1v) is 7.02. The van der Waals surface area contributed by atoms with Gasteiger partial charge < -0.3 is 15.4 Å². The summed E-state index contributed by atoms with van der Waals surface area (Å²) in [5.74, 6) is 0.506. The van der Waals surface area contributed by atoms with Crippen molar-refractivity contribution in [1.29, 1.82) is 0 Å². The lowest BCUT2D eigenvalue weighted by atomic mass is 9.93. The van der Waals surface area contributed by atoms with Crippen LogP contribution in [-0.2, 0) is 0 Å². The average Bonchev–Trinajstić information content (AvgIpc) is 2.37. The molecule has 6 nitrogen and oxygen atoms in total.